The molecule has 2 aromatic rings. The second kappa shape index (κ2) is 23.4. The number of carbonyl (C=O) groups is 2. The summed E-state index contributed by atoms with van der Waals surface area (Å²) >= 11 is 0. The van der Waals surface area contributed by atoms with Crippen LogP contribution >= 0.6 is 0 Å². The molecule has 43 heavy (non-hydrogen) atoms. The van der Waals surface area contributed by atoms with Crippen LogP contribution in [-0.4, -0.2) is 37.9 Å². The van der Waals surface area contributed by atoms with Crippen LogP contribution in [0, 0.1) is 0 Å². The smallest absolute Gasteiger partial charge is 0.338 e. The van der Waals surface area contributed by atoms with E-state index in [0.717, 1.165) is 24.3 Å². The van der Waals surface area contributed by atoms with Crippen molar-refractivity contribution in [2.24, 2.45) is 0 Å². The van der Waals surface area contributed by atoms with Crippen LogP contribution in [-0.2, 0) is 9.47 Å². The molecule has 2 aromatic carbocycles. The molecule has 240 valence electrons. The van der Waals surface area contributed by atoms with Crippen molar-refractivity contribution in [3.8, 4) is 11.5 Å². The molecule has 0 heterocycles. The van der Waals surface area contributed by atoms with Gasteiger partial charge in [0, 0.05) is 0 Å². The minimum absolute atomic E-state index is 0.0267. The Morgan fingerprint density at radius 2 is 0.907 bits per heavy atom. The quantitative estimate of drug-likeness (QED) is 0.0839. The lowest BCUT2D eigenvalue weighted by Crippen LogP contribution is -2.22. The van der Waals surface area contributed by atoms with E-state index < -0.39 is 18.0 Å². The SMILES string of the molecule is CCCCCCCCCCOc1ccc(C(=O)OCC(C)OC(=O)c2ccc(OCCCCCCCCCC)cc2)cc1. The van der Waals surface area contributed by atoms with E-state index in [2.05, 4.69) is 13.8 Å². The van der Waals surface area contributed by atoms with Gasteiger partial charge in [0.05, 0.1) is 24.3 Å². The molecule has 6 nitrogen and oxygen atoms in total. The number of rotatable bonds is 25. The topological polar surface area (TPSA) is 71.1 Å². The van der Waals surface area contributed by atoms with Crippen molar-refractivity contribution in [1.29, 1.82) is 0 Å². The first-order chi connectivity index (χ1) is 21.0. The summed E-state index contributed by atoms with van der Waals surface area (Å²) in [5, 5.41) is 0. The third-order valence-corrected chi connectivity index (χ3v) is 7.47. The molecule has 0 saturated carbocycles. The molecule has 1 unspecified atom stereocenters. The average Bonchev–Trinajstić information content (AvgIpc) is 3.02. The molecule has 0 aliphatic heterocycles. The summed E-state index contributed by atoms with van der Waals surface area (Å²) in [6, 6.07) is 13.9. The van der Waals surface area contributed by atoms with Gasteiger partial charge < -0.3 is 18.9 Å². The van der Waals surface area contributed by atoms with Gasteiger partial charge in [-0.25, -0.2) is 9.59 Å². The van der Waals surface area contributed by atoms with Crippen molar-refractivity contribution in [3.63, 3.8) is 0 Å². The van der Waals surface area contributed by atoms with Gasteiger partial charge >= 0.3 is 11.9 Å². The van der Waals surface area contributed by atoms with Gasteiger partial charge in [-0.1, -0.05) is 104 Å². The zero-order valence-corrected chi connectivity index (χ0v) is 27.1. The zero-order valence-electron chi connectivity index (χ0n) is 27.1. The molecule has 0 saturated heterocycles. The number of hydrogen-bond acceptors (Lipinski definition) is 6. The summed E-state index contributed by atoms with van der Waals surface area (Å²) in [5.41, 5.74) is 0.862. The molecule has 0 N–H and O–H groups in total. The van der Waals surface area contributed by atoms with Gasteiger partial charge in [-0.2, -0.15) is 0 Å². The van der Waals surface area contributed by atoms with Crippen LogP contribution in [0.2, 0.25) is 0 Å². The normalized spacial score (nSPS) is 11.6. The van der Waals surface area contributed by atoms with Crippen LogP contribution in [0.15, 0.2) is 48.5 Å². The van der Waals surface area contributed by atoms with Crippen LogP contribution < -0.4 is 9.47 Å². The summed E-state index contributed by atoms with van der Waals surface area (Å²) in [5.74, 6) is 0.559. The molecule has 2 rings (SSSR count). The van der Waals surface area contributed by atoms with Crippen LogP contribution in [0.4, 0.5) is 0 Å². The van der Waals surface area contributed by atoms with Crippen molar-refractivity contribution < 1.29 is 28.5 Å². The van der Waals surface area contributed by atoms with Crippen molar-refractivity contribution in [1.82, 2.24) is 0 Å². The number of ether oxygens (including phenoxy) is 4. The minimum Gasteiger partial charge on any atom is -0.494 e. The first kappa shape index (κ1) is 36.2. The van der Waals surface area contributed by atoms with E-state index in [1.165, 1.54) is 89.9 Å². The van der Waals surface area contributed by atoms with Crippen LogP contribution in [0.1, 0.15) is 144 Å². The van der Waals surface area contributed by atoms with E-state index in [1.807, 2.05) is 0 Å². The van der Waals surface area contributed by atoms with E-state index >= 15 is 0 Å². The molecular formula is C37H56O6. The Labute approximate surface area is 260 Å². The zero-order chi connectivity index (χ0) is 31.0. The maximum atomic E-state index is 12.5. The molecule has 0 aromatic heterocycles. The number of hydrogen-bond donors (Lipinski definition) is 0. The first-order valence-electron chi connectivity index (χ1n) is 16.9. The maximum absolute atomic E-state index is 12.5. The molecule has 0 aliphatic carbocycles. The number of esters is 2. The molecule has 0 bridgehead atoms. The monoisotopic (exact) mass is 596 g/mol. The first-order valence-corrected chi connectivity index (χ1v) is 16.9. The minimum atomic E-state index is -0.580. The molecule has 0 radical (unpaired) electrons. The summed E-state index contributed by atoms with van der Waals surface area (Å²) in [4.78, 5) is 25.0. The molecular weight excluding hydrogens is 540 g/mol. The van der Waals surface area contributed by atoms with Crippen LogP contribution in [0.25, 0.3) is 0 Å². The van der Waals surface area contributed by atoms with Crippen molar-refractivity contribution in [3.05, 3.63) is 59.7 Å². The van der Waals surface area contributed by atoms with Gasteiger partial charge in [0.1, 0.15) is 24.2 Å². The molecule has 0 amide bonds. The summed E-state index contributed by atoms with van der Waals surface area (Å²) in [6.45, 7) is 7.51. The Hall–Kier alpha value is -3.02. The highest BCUT2D eigenvalue weighted by atomic mass is 16.6. The number of carbonyl (C=O) groups excluding carboxylic acids is 2. The Kier molecular flexibility index (Phi) is 19.7. The third kappa shape index (κ3) is 17.0. The predicted molar refractivity (Wildman–Crippen MR) is 174 cm³/mol. The van der Waals surface area contributed by atoms with Gasteiger partial charge in [0.15, 0.2) is 0 Å². The Morgan fingerprint density at radius 1 is 0.535 bits per heavy atom. The number of unbranched alkanes of at least 4 members (excludes halogenated alkanes) is 14. The van der Waals surface area contributed by atoms with Gasteiger partial charge in [-0.3, -0.25) is 0 Å². The van der Waals surface area contributed by atoms with Gasteiger partial charge in [0.25, 0.3) is 0 Å². The molecule has 0 aliphatic rings. The fraction of sp³-hybridized carbons (Fsp3) is 0.622. The highest BCUT2D eigenvalue weighted by Gasteiger charge is 2.15. The fourth-order valence-corrected chi connectivity index (χ4v) is 4.79. The van der Waals surface area contributed by atoms with Crippen molar-refractivity contribution >= 4 is 11.9 Å². The highest BCUT2D eigenvalue weighted by molar-refractivity contribution is 5.90. The third-order valence-electron chi connectivity index (χ3n) is 7.47. The Balaban J connectivity index is 1.58. The summed E-state index contributed by atoms with van der Waals surface area (Å²) < 4.78 is 22.4. The van der Waals surface area contributed by atoms with Crippen molar-refractivity contribution in [2.45, 2.75) is 130 Å². The standard InChI is InChI=1S/C37H56O6/c1-4-6-8-10-12-14-16-18-28-40-34-24-20-32(21-25-34)36(38)42-30-31(3)43-37(39)33-22-26-35(27-23-33)41-29-19-17-15-13-11-9-7-5-2/h20-27,31H,4-19,28-30H2,1-3H3. The molecule has 1 atom stereocenters. The average molecular weight is 597 g/mol. The number of benzene rings is 2. The van der Waals surface area contributed by atoms with Gasteiger partial charge in [0.2, 0.25) is 0 Å². The van der Waals surface area contributed by atoms with Crippen LogP contribution in [0.3, 0.4) is 0 Å². The Morgan fingerprint density at radius 3 is 1.33 bits per heavy atom. The lowest BCUT2D eigenvalue weighted by atomic mass is 10.1. The van der Waals surface area contributed by atoms with E-state index in [-0.39, 0.29) is 6.61 Å². The van der Waals surface area contributed by atoms with E-state index in [1.54, 1.807) is 55.5 Å². The van der Waals surface area contributed by atoms with E-state index in [0.29, 0.717) is 24.3 Å². The molecule has 6 heteroatoms. The molecule has 0 spiro atoms. The molecule has 0 fully saturated rings. The van der Waals surface area contributed by atoms with Gasteiger partial charge in [-0.05, 0) is 68.3 Å². The lowest BCUT2D eigenvalue weighted by Gasteiger charge is -2.14. The predicted octanol–water partition coefficient (Wildman–Crippen LogP) is 10.1. The van der Waals surface area contributed by atoms with Crippen molar-refractivity contribution in [2.75, 3.05) is 19.8 Å². The van der Waals surface area contributed by atoms with Crippen LogP contribution in [0.5, 0.6) is 11.5 Å². The fourth-order valence-electron chi connectivity index (χ4n) is 4.79. The van der Waals surface area contributed by atoms with Gasteiger partial charge in [-0.15, -0.1) is 0 Å². The largest absolute Gasteiger partial charge is 0.494 e. The highest BCUT2D eigenvalue weighted by Crippen LogP contribution is 2.17. The second-order valence-corrected chi connectivity index (χ2v) is 11.5. The maximum Gasteiger partial charge on any atom is 0.338 e. The summed E-state index contributed by atoms with van der Waals surface area (Å²) in [7, 11) is 0. The summed E-state index contributed by atoms with van der Waals surface area (Å²) in [6.07, 6.45) is 19.5. The van der Waals surface area contributed by atoms with E-state index in [4.69, 9.17) is 18.9 Å². The second-order valence-electron chi connectivity index (χ2n) is 11.5. The van der Waals surface area contributed by atoms with E-state index in [9.17, 15) is 9.59 Å². The Bertz CT molecular complexity index is 985. The lowest BCUT2D eigenvalue weighted by molar-refractivity contribution is 0.00447.